The number of allylic oxidation sites excluding steroid dienone is 1. The summed E-state index contributed by atoms with van der Waals surface area (Å²) in [6, 6.07) is 14.9. The molecule has 0 amide bonds. The average Bonchev–Trinajstić information content (AvgIpc) is 2.74. The first kappa shape index (κ1) is 20.7. The fraction of sp³-hybridized carbons (Fsp3) is 0.292. The molecule has 5 heteroatoms. The largest absolute Gasteiger partial charge is 0.494 e. The summed E-state index contributed by atoms with van der Waals surface area (Å²) in [4.78, 5) is 2.95. The lowest BCUT2D eigenvalue weighted by atomic mass is 10.0. The van der Waals surface area contributed by atoms with Crippen molar-refractivity contribution in [3.05, 3.63) is 66.2 Å². The molecule has 0 radical (unpaired) electrons. The Labute approximate surface area is 169 Å². The lowest BCUT2D eigenvalue weighted by Crippen LogP contribution is -2.30. The molecule has 2 aromatic rings. The highest BCUT2D eigenvalue weighted by Crippen LogP contribution is 2.24. The topological polar surface area (TPSA) is 21.6 Å². The van der Waals surface area contributed by atoms with E-state index in [0.717, 1.165) is 48.3 Å². The summed E-state index contributed by atoms with van der Waals surface area (Å²) in [7, 11) is 0. The molecule has 1 heterocycles. The molecule has 0 fully saturated rings. The second-order valence-corrected chi connectivity index (χ2v) is 6.77. The molecule has 0 saturated carbocycles. The van der Waals surface area contributed by atoms with Crippen molar-refractivity contribution in [3.8, 4) is 28.7 Å². The van der Waals surface area contributed by atoms with Gasteiger partial charge in [-0.3, -0.25) is 0 Å². The maximum Gasteiger partial charge on any atom is 0.258 e. The summed E-state index contributed by atoms with van der Waals surface area (Å²) in [6.07, 6.45) is 3.09. The van der Waals surface area contributed by atoms with Gasteiger partial charge in [0.05, 0.1) is 6.61 Å². The van der Waals surface area contributed by atoms with Gasteiger partial charge < -0.3 is 4.74 Å². The summed E-state index contributed by atoms with van der Waals surface area (Å²) in [6.45, 7) is 2.87. The van der Waals surface area contributed by atoms with E-state index in [1.165, 1.54) is 0 Å². The predicted molar refractivity (Wildman–Crippen MR) is 110 cm³/mol. The second-order valence-electron chi connectivity index (χ2n) is 6.77. The van der Waals surface area contributed by atoms with Crippen molar-refractivity contribution in [1.82, 2.24) is 0 Å². The molecule has 2 atom stereocenters. The molecular formula is C24H22F3NO. The number of unbranched alkanes of at least 4 members (excludes halogenated alkanes) is 2. The zero-order chi connectivity index (χ0) is 20.7. The Morgan fingerprint density at radius 1 is 1.03 bits per heavy atom. The van der Waals surface area contributed by atoms with Gasteiger partial charge in [-0.05, 0) is 59.9 Å². The first-order valence-corrected chi connectivity index (χ1v) is 9.63. The number of ether oxygens (including phenoxy) is 1. The van der Waals surface area contributed by atoms with Crippen LogP contribution in [0, 0.1) is 11.8 Å². The third-order valence-electron chi connectivity index (χ3n) is 4.50. The lowest BCUT2D eigenvalue weighted by molar-refractivity contribution is 0.306. The molecule has 2 unspecified atom stereocenters. The number of hydrogen-bond acceptors (Lipinski definition) is 2. The minimum Gasteiger partial charge on any atom is -0.494 e. The summed E-state index contributed by atoms with van der Waals surface area (Å²) in [5.74, 6) is 4.14. The summed E-state index contributed by atoms with van der Waals surface area (Å²) in [5.41, 5.74) is -0.192. The molecule has 0 N–H and O–H groups in total. The van der Waals surface area contributed by atoms with Crippen molar-refractivity contribution in [2.75, 3.05) is 6.61 Å². The van der Waals surface area contributed by atoms with Crippen molar-refractivity contribution in [2.24, 2.45) is 4.99 Å². The number of halogens is 3. The van der Waals surface area contributed by atoms with Gasteiger partial charge in [-0.15, -0.1) is 0 Å². The van der Waals surface area contributed by atoms with Gasteiger partial charge in [0.15, 0.2) is 0 Å². The van der Waals surface area contributed by atoms with E-state index in [4.69, 9.17) is 4.74 Å². The van der Waals surface area contributed by atoms with E-state index in [-0.39, 0.29) is 0 Å². The monoisotopic (exact) mass is 397 g/mol. The minimum atomic E-state index is -2.69. The Balaban J connectivity index is 1.65. The first-order valence-electron chi connectivity index (χ1n) is 9.63. The van der Waals surface area contributed by atoms with E-state index in [0.29, 0.717) is 12.2 Å². The molecule has 2 nitrogen and oxygen atoms in total. The van der Waals surface area contributed by atoms with Crippen LogP contribution in [0.25, 0.3) is 11.1 Å². The van der Waals surface area contributed by atoms with Crippen molar-refractivity contribution in [2.45, 2.75) is 38.2 Å². The molecule has 1 aliphatic rings. The molecule has 150 valence electrons. The van der Waals surface area contributed by atoms with Gasteiger partial charge in [-0.25, -0.2) is 13.8 Å². The van der Waals surface area contributed by atoms with Crippen LogP contribution in [0.15, 0.2) is 65.7 Å². The van der Waals surface area contributed by atoms with Gasteiger partial charge in [0.1, 0.15) is 5.75 Å². The number of aliphatic imine (C=N–C) groups is 1. The van der Waals surface area contributed by atoms with Gasteiger partial charge in [-0.1, -0.05) is 50.0 Å². The maximum atomic E-state index is 14.4. The van der Waals surface area contributed by atoms with Crippen LogP contribution in [-0.4, -0.2) is 24.5 Å². The lowest BCUT2D eigenvalue weighted by Gasteiger charge is -2.15. The molecule has 0 saturated heterocycles. The standard InChI is InChI=1S/C24H22F3NO/c1-2-3-4-17-29-21-11-9-20(10-12-21)19-7-5-18(6-8-19)13-15-24(27)16-14-22(25)28-23(24)26/h5-12,14,16,22H,2-4,17H2,1H3. The van der Waals surface area contributed by atoms with E-state index in [1.807, 2.05) is 36.4 Å². The molecule has 0 aromatic heterocycles. The Bertz CT molecular complexity index is 939. The highest BCUT2D eigenvalue weighted by atomic mass is 19.2. The van der Waals surface area contributed by atoms with Crippen LogP contribution in [0.3, 0.4) is 0 Å². The Kier molecular flexibility index (Phi) is 6.77. The van der Waals surface area contributed by atoms with Gasteiger partial charge >= 0.3 is 0 Å². The normalized spacial score (nSPS) is 20.6. The van der Waals surface area contributed by atoms with Crippen LogP contribution in [0.2, 0.25) is 0 Å². The second kappa shape index (κ2) is 9.47. The third-order valence-corrected chi connectivity index (χ3v) is 4.50. The molecule has 2 aromatic carbocycles. The fourth-order valence-electron chi connectivity index (χ4n) is 2.81. The Morgan fingerprint density at radius 2 is 1.69 bits per heavy atom. The van der Waals surface area contributed by atoms with Crippen molar-refractivity contribution in [1.29, 1.82) is 0 Å². The average molecular weight is 397 g/mol. The molecule has 1 aliphatic heterocycles. The van der Waals surface area contributed by atoms with Crippen LogP contribution in [0.1, 0.15) is 31.7 Å². The van der Waals surface area contributed by atoms with Gasteiger partial charge in [-0.2, -0.15) is 4.39 Å². The number of alkyl halides is 2. The zero-order valence-corrected chi connectivity index (χ0v) is 16.2. The molecular weight excluding hydrogens is 375 g/mol. The van der Waals surface area contributed by atoms with Gasteiger partial charge in [0.25, 0.3) is 5.67 Å². The minimum absolute atomic E-state index is 0.519. The van der Waals surface area contributed by atoms with Crippen molar-refractivity contribution in [3.63, 3.8) is 0 Å². The summed E-state index contributed by atoms with van der Waals surface area (Å²) in [5, 5.41) is 0. The zero-order valence-electron chi connectivity index (χ0n) is 16.2. The van der Waals surface area contributed by atoms with Crippen LogP contribution >= 0.6 is 0 Å². The van der Waals surface area contributed by atoms with E-state index in [9.17, 15) is 13.2 Å². The SMILES string of the molecule is CCCCCOc1ccc(-c2ccc(C#CC3(F)C=CC(F)N=C3F)cc2)cc1. The van der Waals surface area contributed by atoms with Crippen LogP contribution in [0.4, 0.5) is 13.2 Å². The summed E-state index contributed by atoms with van der Waals surface area (Å²) < 4.78 is 46.6. The van der Waals surface area contributed by atoms with E-state index >= 15 is 0 Å². The Morgan fingerprint density at radius 3 is 2.31 bits per heavy atom. The predicted octanol–water partition coefficient (Wildman–Crippen LogP) is 6.22. The van der Waals surface area contributed by atoms with E-state index in [1.54, 1.807) is 12.1 Å². The number of hydrogen-bond donors (Lipinski definition) is 0. The van der Waals surface area contributed by atoms with Crippen LogP contribution in [0.5, 0.6) is 5.75 Å². The van der Waals surface area contributed by atoms with E-state index in [2.05, 4.69) is 23.8 Å². The molecule has 29 heavy (non-hydrogen) atoms. The molecule has 0 bridgehead atoms. The van der Waals surface area contributed by atoms with Crippen molar-refractivity contribution >= 4 is 5.97 Å². The number of dihydropyridines is 1. The Hall–Kier alpha value is -3.00. The van der Waals surface area contributed by atoms with Crippen LogP contribution in [-0.2, 0) is 0 Å². The molecule has 0 aliphatic carbocycles. The first-order chi connectivity index (χ1) is 14.0. The quantitative estimate of drug-likeness (QED) is 0.246. The van der Waals surface area contributed by atoms with Crippen molar-refractivity contribution < 1.29 is 17.9 Å². The van der Waals surface area contributed by atoms with Gasteiger partial charge in [0, 0.05) is 5.56 Å². The van der Waals surface area contributed by atoms with Gasteiger partial charge in [0.2, 0.25) is 12.3 Å². The highest BCUT2D eigenvalue weighted by molar-refractivity contribution is 5.91. The highest BCUT2D eigenvalue weighted by Gasteiger charge is 2.35. The summed E-state index contributed by atoms with van der Waals surface area (Å²) >= 11 is 0. The molecule has 3 rings (SSSR count). The maximum absolute atomic E-state index is 14.4. The fourth-order valence-corrected chi connectivity index (χ4v) is 2.81. The van der Waals surface area contributed by atoms with Crippen LogP contribution < -0.4 is 4.74 Å². The number of nitrogens with zero attached hydrogens (tertiary/aromatic N) is 1. The smallest absolute Gasteiger partial charge is 0.258 e. The van der Waals surface area contributed by atoms with E-state index < -0.39 is 17.9 Å². The third kappa shape index (κ3) is 5.51. The number of rotatable bonds is 6. The molecule has 0 spiro atoms. The number of benzene rings is 2.